The Morgan fingerprint density at radius 1 is 1.18 bits per heavy atom. The van der Waals surface area contributed by atoms with Crippen molar-refractivity contribution in [2.75, 3.05) is 7.11 Å². The van der Waals surface area contributed by atoms with Crippen molar-refractivity contribution in [1.29, 1.82) is 5.26 Å². The number of nitrogens with zero attached hydrogens (tertiary/aromatic N) is 2. The van der Waals surface area contributed by atoms with Crippen LogP contribution in [0.3, 0.4) is 0 Å². The zero-order valence-corrected chi connectivity index (χ0v) is 21.1. The van der Waals surface area contributed by atoms with Gasteiger partial charge in [-0.2, -0.15) is 5.26 Å². The minimum absolute atomic E-state index is 0.0472. The minimum Gasteiger partial charge on any atom is -0.495 e. The molecule has 0 aliphatic heterocycles. The highest BCUT2D eigenvalue weighted by molar-refractivity contribution is 7.91. The number of benzene rings is 2. The molecule has 0 aromatic heterocycles. The van der Waals surface area contributed by atoms with Crippen molar-refractivity contribution in [2.45, 2.75) is 70.3 Å². The number of nitriles is 1. The number of hydrogen-bond acceptors (Lipinski definition) is 5. The predicted molar refractivity (Wildman–Crippen MR) is 129 cm³/mol. The van der Waals surface area contributed by atoms with E-state index in [-0.39, 0.29) is 28.9 Å². The van der Waals surface area contributed by atoms with Crippen LogP contribution in [0.25, 0.3) is 0 Å². The molecule has 0 heterocycles. The molecule has 0 unspecified atom stereocenters. The van der Waals surface area contributed by atoms with Gasteiger partial charge in [0.15, 0.2) is 0 Å². The van der Waals surface area contributed by atoms with Crippen LogP contribution in [0.1, 0.15) is 81.2 Å². The van der Waals surface area contributed by atoms with E-state index in [1.54, 1.807) is 38.1 Å². The van der Waals surface area contributed by atoms with Crippen LogP contribution in [0, 0.1) is 11.3 Å². The molecule has 7 nitrogen and oxygen atoms in total. The monoisotopic (exact) mass is 471 g/mol. The highest BCUT2D eigenvalue weighted by Crippen LogP contribution is 2.32. The summed E-state index contributed by atoms with van der Waals surface area (Å²) >= 11 is 0. The van der Waals surface area contributed by atoms with Crippen molar-refractivity contribution in [3.63, 3.8) is 0 Å². The quantitative estimate of drug-likeness (QED) is 0.614. The first-order valence-corrected chi connectivity index (χ1v) is 12.3. The Balaban J connectivity index is 2.60. The van der Waals surface area contributed by atoms with Crippen LogP contribution in [0.15, 0.2) is 39.6 Å². The van der Waals surface area contributed by atoms with Crippen LogP contribution in [0.5, 0.6) is 5.75 Å². The third-order valence-corrected chi connectivity index (χ3v) is 6.87. The number of ether oxygens (including phenoxy) is 1. The molecule has 0 fully saturated rings. The molecule has 33 heavy (non-hydrogen) atoms. The van der Waals surface area contributed by atoms with Crippen molar-refractivity contribution in [1.82, 2.24) is 0 Å². The Morgan fingerprint density at radius 3 is 2.15 bits per heavy atom. The molecule has 0 aliphatic carbocycles. The number of amides is 1. The van der Waals surface area contributed by atoms with Gasteiger partial charge in [-0.1, -0.05) is 33.8 Å². The number of hydrogen-bond donors (Lipinski definition) is 2. The van der Waals surface area contributed by atoms with Gasteiger partial charge in [-0.3, -0.25) is 4.79 Å². The molecule has 0 radical (unpaired) electrons. The molecule has 3 N–H and O–H groups in total. The molecule has 2 rings (SSSR count). The third kappa shape index (κ3) is 6.20. The number of carbonyl (C=O) groups is 1. The molecular weight excluding hydrogens is 438 g/mol. The molecule has 2 aromatic rings. The lowest BCUT2D eigenvalue weighted by atomic mass is 9.85. The fourth-order valence-corrected chi connectivity index (χ4v) is 4.89. The highest BCUT2D eigenvalue weighted by Gasteiger charge is 2.24. The van der Waals surface area contributed by atoms with E-state index in [9.17, 15) is 19.4 Å². The van der Waals surface area contributed by atoms with Gasteiger partial charge < -0.3 is 9.84 Å². The van der Waals surface area contributed by atoms with E-state index >= 15 is 0 Å². The number of methoxy groups -OCH3 is 1. The van der Waals surface area contributed by atoms with Gasteiger partial charge in [-0.05, 0) is 72.2 Å². The van der Waals surface area contributed by atoms with Crippen molar-refractivity contribution >= 4 is 15.8 Å². The Kier molecular flexibility index (Phi) is 8.07. The lowest BCUT2D eigenvalue weighted by Crippen LogP contribution is -2.20. The Hall–Kier alpha value is -2.73. The van der Waals surface area contributed by atoms with Gasteiger partial charge >= 0.3 is 0 Å². The van der Waals surface area contributed by atoms with Crippen LogP contribution in [0.2, 0.25) is 0 Å². The van der Waals surface area contributed by atoms with E-state index in [0.717, 1.165) is 16.7 Å². The predicted octanol–water partition coefficient (Wildman–Crippen LogP) is 4.51. The minimum atomic E-state index is -3.65. The second-order valence-corrected chi connectivity index (χ2v) is 11.0. The lowest BCUT2D eigenvalue weighted by Gasteiger charge is -2.20. The summed E-state index contributed by atoms with van der Waals surface area (Å²) in [5, 5.41) is 25.8. The molecule has 1 amide bonds. The van der Waals surface area contributed by atoms with Crippen molar-refractivity contribution in [2.24, 2.45) is 9.50 Å². The first kappa shape index (κ1) is 26.5. The lowest BCUT2D eigenvalue weighted by molar-refractivity contribution is -0.117. The second kappa shape index (κ2) is 10.0. The van der Waals surface area contributed by atoms with Crippen molar-refractivity contribution < 1.29 is 18.8 Å². The van der Waals surface area contributed by atoms with Crippen LogP contribution < -0.4 is 9.88 Å². The van der Waals surface area contributed by atoms with Gasteiger partial charge in [0.2, 0.25) is 0 Å². The topological polar surface area (TPSA) is 126 Å². The van der Waals surface area contributed by atoms with E-state index < -0.39 is 21.4 Å². The van der Waals surface area contributed by atoms with E-state index in [1.165, 1.54) is 13.2 Å². The Bertz CT molecular complexity index is 1180. The van der Waals surface area contributed by atoms with Gasteiger partial charge in [-0.15, -0.1) is 4.36 Å². The molecular formula is C25H33N3O4S. The van der Waals surface area contributed by atoms with Gasteiger partial charge in [0.25, 0.3) is 5.91 Å². The Labute approximate surface area is 196 Å². The molecule has 0 aliphatic rings. The maximum Gasteiger partial charge on any atom is 0.259 e. The van der Waals surface area contributed by atoms with Crippen molar-refractivity contribution in [3.8, 4) is 11.8 Å². The molecule has 0 saturated heterocycles. The maximum absolute atomic E-state index is 13.4. The summed E-state index contributed by atoms with van der Waals surface area (Å²) in [5.41, 5.74) is 2.33. The van der Waals surface area contributed by atoms with Gasteiger partial charge in [0, 0.05) is 0 Å². The summed E-state index contributed by atoms with van der Waals surface area (Å²) in [6.45, 7) is 11.1. The van der Waals surface area contributed by atoms with Crippen LogP contribution in [-0.4, -0.2) is 22.3 Å². The normalized spacial score (nSPS) is 13.5. The largest absolute Gasteiger partial charge is 0.495 e. The van der Waals surface area contributed by atoms with E-state index in [2.05, 4.69) is 10.4 Å². The summed E-state index contributed by atoms with van der Waals surface area (Å²) in [4.78, 5) is 13.1. The molecule has 1 atom stereocenters. The van der Waals surface area contributed by atoms with Gasteiger partial charge in [0.05, 0.1) is 30.8 Å². The van der Waals surface area contributed by atoms with E-state index in [0.29, 0.717) is 11.1 Å². The average molecular weight is 472 g/mol. The maximum atomic E-state index is 13.4. The third-order valence-electron chi connectivity index (χ3n) is 5.44. The summed E-state index contributed by atoms with van der Waals surface area (Å²) in [6, 6.07) is 10.4. The fraction of sp³-hybridized carbons (Fsp3) is 0.440. The van der Waals surface area contributed by atoms with E-state index in [4.69, 9.17) is 9.88 Å². The first-order chi connectivity index (χ1) is 15.2. The standard InChI is InChI=1S/C25H33N3O4S/c1-15(2)19-10-17(14-26)11-20(16(3)4)21(19)13-24(29)28-33(27,31)23-12-18(25(5,6)30)8-9-22(23)32-7/h8-12,15-16,30H,13H2,1-7H3,(H2,27,28,29,31)/t33-/m0/s1. The number of nitrogens with two attached hydrogens (primary N) is 1. The highest BCUT2D eigenvalue weighted by atomic mass is 32.2. The van der Waals surface area contributed by atoms with Gasteiger partial charge in [-0.25, -0.2) is 9.35 Å². The summed E-state index contributed by atoms with van der Waals surface area (Å²) < 4.78 is 22.5. The fourth-order valence-electron chi connectivity index (χ4n) is 3.69. The zero-order chi connectivity index (χ0) is 25.1. The summed E-state index contributed by atoms with van der Waals surface area (Å²) in [6.07, 6.45) is -0.0889. The number of rotatable bonds is 7. The molecule has 0 spiro atoms. The first-order valence-electron chi connectivity index (χ1n) is 10.8. The molecule has 0 bridgehead atoms. The molecule has 2 aromatic carbocycles. The Morgan fingerprint density at radius 2 is 1.73 bits per heavy atom. The van der Waals surface area contributed by atoms with Crippen LogP contribution >= 0.6 is 0 Å². The summed E-state index contributed by atoms with van der Waals surface area (Å²) in [7, 11) is -2.24. The SMILES string of the molecule is COc1ccc(C(C)(C)O)cc1[S@@](N)(=O)=NC(=O)Cc1c(C(C)C)cc(C#N)cc1C(C)C. The average Bonchev–Trinajstić information content (AvgIpc) is 2.71. The number of carbonyl (C=O) groups excluding carboxylic acids is 1. The van der Waals surface area contributed by atoms with E-state index in [1.807, 2.05) is 27.7 Å². The zero-order valence-electron chi connectivity index (χ0n) is 20.3. The van der Waals surface area contributed by atoms with Gasteiger partial charge in [0.1, 0.15) is 20.6 Å². The molecule has 0 saturated carbocycles. The number of aliphatic hydroxyl groups is 1. The smallest absolute Gasteiger partial charge is 0.259 e. The van der Waals surface area contributed by atoms with Crippen LogP contribution in [0.4, 0.5) is 0 Å². The molecule has 8 heteroatoms. The second-order valence-electron chi connectivity index (χ2n) is 9.21. The van der Waals surface area contributed by atoms with Crippen LogP contribution in [-0.2, 0) is 26.7 Å². The summed E-state index contributed by atoms with van der Waals surface area (Å²) in [5.74, 6) is -0.267. The van der Waals surface area contributed by atoms with Crippen molar-refractivity contribution in [3.05, 3.63) is 58.1 Å². The molecule has 178 valence electrons.